The van der Waals surface area contributed by atoms with Crippen LogP contribution in [0.5, 0.6) is 5.75 Å². The number of unbranched alkanes of at least 4 members (excludes halogenated alkanes) is 2. The molecule has 6 heteroatoms. The molecule has 106 valence electrons. The van der Waals surface area contributed by atoms with Crippen LogP contribution in [0.25, 0.3) is 0 Å². The van der Waals surface area contributed by atoms with Crippen LogP contribution in [0.4, 0.5) is 13.2 Å². The van der Waals surface area contributed by atoms with E-state index in [-0.39, 0.29) is 5.75 Å². The van der Waals surface area contributed by atoms with Gasteiger partial charge in [0.2, 0.25) is 0 Å². The molecule has 0 spiro atoms. The lowest BCUT2D eigenvalue weighted by molar-refractivity contribution is -0.137. The van der Waals surface area contributed by atoms with Gasteiger partial charge in [0.1, 0.15) is 11.3 Å². The highest BCUT2D eigenvalue weighted by atomic mass is 19.4. The molecule has 0 saturated heterocycles. The Morgan fingerprint density at radius 3 is 2.53 bits per heavy atom. The minimum absolute atomic E-state index is 0.0309. The molecular formula is C13H15F3O3. The molecule has 1 N–H and O–H groups in total. The van der Waals surface area contributed by atoms with Gasteiger partial charge in [-0.3, -0.25) is 0 Å². The number of hydrogen-bond acceptors (Lipinski definition) is 2. The Morgan fingerprint density at radius 2 is 2.00 bits per heavy atom. The van der Waals surface area contributed by atoms with Crippen molar-refractivity contribution in [2.75, 3.05) is 6.61 Å². The highest BCUT2D eigenvalue weighted by Gasteiger charge is 2.32. The van der Waals surface area contributed by atoms with Crippen LogP contribution >= 0.6 is 0 Å². The van der Waals surface area contributed by atoms with Crippen LogP contribution in [0.15, 0.2) is 18.2 Å². The lowest BCUT2D eigenvalue weighted by Gasteiger charge is -2.12. The third-order valence-corrected chi connectivity index (χ3v) is 2.54. The lowest BCUT2D eigenvalue weighted by Crippen LogP contribution is -2.10. The summed E-state index contributed by atoms with van der Waals surface area (Å²) in [6, 6.07) is 2.47. The molecule has 0 bridgehead atoms. The fourth-order valence-corrected chi connectivity index (χ4v) is 1.53. The molecule has 0 atom stereocenters. The van der Waals surface area contributed by atoms with Gasteiger partial charge in [-0.05, 0) is 24.6 Å². The molecule has 0 saturated carbocycles. The van der Waals surface area contributed by atoms with Gasteiger partial charge < -0.3 is 9.84 Å². The number of hydrogen-bond donors (Lipinski definition) is 1. The van der Waals surface area contributed by atoms with Crippen molar-refractivity contribution in [1.82, 2.24) is 0 Å². The number of carboxylic acid groups (broad SMARTS) is 1. The highest BCUT2D eigenvalue weighted by Crippen LogP contribution is 2.32. The second kappa shape index (κ2) is 6.45. The van der Waals surface area contributed by atoms with Crippen LogP contribution in [0.2, 0.25) is 0 Å². The Hall–Kier alpha value is -1.72. The molecule has 19 heavy (non-hydrogen) atoms. The third-order valence-electron chi connectivity index (χ3n) is 2.54. The average molecular weight is 276 g/mol. The summed E-state index contributed by atoms with van der Waals surface area (Å²) in [5, 5.41) is 8.91. The van der Waals surface area contributed by atoms with Gasteiger partial charge in [-0.25, -0.2) is 4.79 Å². The standard InChI is InChI=1S/C13H15F3O3/c1-2-3-4-7-19-11-6-5-9(13(14,15)16)8-10(11)12(17)18/h5-6,8H,2-4,7H2,1H3,(H,17,18). The predicted octanol–water partition coefficient (Wildman–Crippen LogP) is 3.97. The quantitative estimate of drug-likeness (QED) is 0.799. The van der Waals surface area contributed by atoms with E-state index in [1.54, 1.807) is 0 Å². The van der Waals surface area contributed by atoms with Gasteiger partial charge in [0, 0.05) is 0 Å². The Labute approximate surface area is 109 Å². The van der Waals surface area contributed by atoms with Crippen molar-refractivity contribution >= 4 is 5.97 Å². The number of alkyl halides is 3. The largest absolute Gasteiger partial charge is 0.493 e. The SMILES string of the molecule is CCCCCOc1ccc(C(F)(F)F)cc1C(=O)O. The van der Waals surface area contributed by atoms with Gasteiger partial charge in [-0.15, -0.1) is 0 Å². The first-order valence-electron chi connectivity index (χ1n) is 5.93. The van der Waals surface area contributed by atoms with Gasteiger partial charge in [-0.1, -0.05) is 19.8 Å². The molecule has 1 aromatic carbocycles. The summed E-state index contributed by atoms with van der Waals surface area (Å²) in [5.74, 6) is -1.46. The van der Waals surface area contributed by atoms with E-state index in [1.807, 2.05) is 6.92 Å². The smallest absolute Gasteiger partial charge is 0.416 e. The Kier molecular flexibility index (Phi) is 5.20. The topological polar surface area (TPSA) is 46.5 Å². The maximum Gasteiger partial charge on any atom is 0.416 e. The van der Waals surface area contributed by atoms with E-state index in [0.717, 1.165) is 31.4 Å². The van der Waals surface area contributed by atoms with E-state index in [4.69, 9.17) is 9.84 Å². The fourth-order valence-electron chi connectivity index (χ4n) is 1.53. The molecule has 0 unspecified atom stereocenters. The number of aromatic carboxylic acids is 1. The molecule has 0 aliphatic rings. The number of rotatable bonds is 6. The Balaban J connectivity index is 2.90. The molecule has 0 fully saturated rings. The summed E-state index contributed by atoms with van der Waals surface area (Å²) >= 11 is 0. The van der Waals surface area contributed by atoms with Crippen molar-refractivity contribution in [3.05, 3.63) is 29.3 Å². The van der Waals surface area contributed by atoms with Gasteiger partial charge in [0.05, 0.1) is 12.2 Å². The molecular weight excluding hydrogens is 261 g/mol. The van der Waals surface area contributed by atoms with Crippen LogP contribution in [0.3, 0.4) is 0 Å². The molecule has 0 radical (unpaired) electrons. The monoisotopic (exact) mass is 276 g/mol. The number of ether oxygens (including phenoxy) is 1. The van der Waals surface area contributed by atoms with Crippen molar-refractivity contribution in [2.24, 2.45) is 0 Å². The van der Waals surface area contributed by atoms with E-state index < -0.39 is 23.3 Å². The molecule has 0 amide bonds. The summed E-state index contributed by atoms with van der Waals surface area (Å²) < 4.78 is 42.7. The van der Waals surface area contributed by atoms with Gasteiger partial charge >= 0.3 is 12.1 Å². The first-order valence-corrected chi connectivity index (χ1v) is 5.93. The normalized spacial score (nSPS) is 11.4. The van der Waals surface area contributed by atoms with Crippen LogP contribution in [0.1, 0.15) is 42.1 Å². The minimum Gasteiger partial charge on any atom is -0.493 e. The first-order chi connectivity index (χ1) is 8.86. The van der Waals surface area contributed by atoms with E-state index in [9.17, 15) is 18.0 Å². The van der Waals surface area contributed by atoms with Crippen molar-refractivity contribution in [2.45, 2.75) is 32.4 Å². The van der Waals surface area contributed by atoms with Crippen molar-refractivity contribution in [3.8, 4) is 5.75 Å². The summed E-state index contributed by atoms with van der Waals surface area (Å²) in [6.45, 7) is 2.29. The van der Waals surface area contributed by atoms with Gasteiger partial charge in [-0.2, -0.15) is 13.2 Å². The molecule has 0 aliphatic carbocycles. The number of halogens is 3. The molecule has 1 aromatic rings. The highest BCUT2D eigenvalue weighted by molar-refractivity contribution is 5.91. The third kappa shape index (κ3) is 4.46. The van der Waals surface area contributed by atoms with Crippen LogP contribution in [-0.2, 0) is 6.18 Å². The summed E-state index contributed by atoms with van der Waals surface area (Å²) in [6.07, 6.45) is -1.94. The zero-order valence-electron chi connectivity index (χ0n) is 10.5. The van der Waals surface area contributed by atoms with Crippen molar-refractivity contribution < 1.29 is 27.8 Å². The van der Waals surface area contributed by atoms with Crippen LogP contribution in [0, 0.1) is 0 Å². The number of carboxylic acids is 1. The Bertz CT molecular complexity index is 441. The van der Waals surface area contributed by atoms with Crippen molar-refractivity contribution in [3.63, 3.8) is 0 Å². The van der Waals surface area contributed by atoms with Crippen LogP contribution < -0.4 is 4.74 Å². The fraction of sp³-hybridized carbons (Fsp3) is 0.462. The van der Waals surface area contributed by atoms with Gasteiger partial charge in [0.25, 0.3) is 0 Å². The number of benzene rings is 1. The van der Waals surface area contributed by atoms with Crippen LogP contribution in [-0.4, -0.2) is 17.7 Å². The average Bonchev–Trinajstić information content (AvgIpc) is 2.33. The second-order valence-corrected chi connectivity index (χ2v) is 4.07. The molecule has 0 aliphatic heterocycles. The van der Waals surface area contributed by atoms with Crippen molar-refractivity contribution in [1.29, 1.82) is 0 Å². The summed E-state index contributed by atoms with van der Waals surface area (Å²) in [5.41, 5.74) is -1.46. The van der Waals surface area contributed by atoms with E-state index in [0.29, 0.717) is 12.7 Å². The first kappa shape index (κ1) is 15.3. The van der Waals surface area contributed by atoms with Gasteiger partial charge in [0.15, 0.2) is 0 Å². The summed E-state index contributed by atoms with van der Waals surface area (Å²) in [4.78, 5) is 10.9. The predicted molar refractivity (Wildman–Crippen MR) is 63.4 cm³/mol. The summed E-state index contributed by atoms with van der Waals surface area (Å²) in [7, 11) is 0. The zero-order valence-corrected chi connectivity index (χ0v) is 10.5. The van der Waals surface area contributed by atoms with E-state index >= 15 is 0 Å². The molecule has 1 rings (SSSR count). The molecule has 0 heterocycles. The van der Waals surface area contributed by atoms with E-state index in [1.165, 1.54) is 0 Å². The molecule has 0 aromatic heterocycles. The lowest BCUT2D eigenvalue weighted by atomic mass is 10.1. The maximum atomic E-state index is 12.5. The maximum absolute atomic E-state index is 12.5. The minimum atomic E-state index is -4.56. The number of carbonyl (C=O) groups is 1. The Morgan fingerprint density at radius 1 is 1.32 bits per heavy atom. The molecule has 3 nitrogen and oxygen atoms in total. The second-order valence-electron chi connectivity index (χ2n) is 4.07. The van der Waals surface area contributed by atoms with E-state index in [2.05, 4.69) is 0 Å². The zero-order chi connectivity index (χ0) is 14.5.